The van der Waals surface area contributed by atoms with Crippen LogP contribution in [-0.2, 0) is 9.47 Å². The number of ether oxygens (including phenoxy) is 2. The van der Waals surface area contributed by atoms with Gasteiger partial charge in [-0.25, -0.2) is 0 Å². The third-order valence-electron chi connectivity index (χ3n) is 2.62. The smallest absolute Gasteiger partial charge is 0.0645 e. The van der Waals surface area contributed by atoms with E-state index in [-0.39, 0.29) is 5.41 Å². The summed E-state index contributed by atoms with van der Waals surface area (Å²) < 4.78 is 10.8. The van der Waals surface area contributed by atoms with Gasteiger partial charge in [-0.15, -0.1) is 6.58 Å². The molecule has 14 heavy (non-hydrogen) atoms. The molecular weight excluding hydrogens is 176 g/mol. The van der Waals surface area contributed by atoms with Gasteiger partial charge in [0.2, 0.25) is 0 Å². The minimum atomic E-state index is 0.201. The fourth-order valence-electron chi connectivity index (χ4n) is 1.76. The van der Waals surface area contributed by atoms with Gasteiger partial charge in [-0.2, -0.15) is 0 Å². The van der Waals surface area contributed by atoms with Crippen molar-refractivity contribution in [3.8, 4) is 0 Å². The topological polar surface area (TPSA) is 18.5 Å². The molecule has 0 rings (SSSR count). The Labute approximate surface area is 88.3 Å². The van der Waals surface area contributed by atoms with E-state index in [0.717, 1.165) is 26.1 Å². The van der Waals surface area contributed by atoms with Crippen LogP contribution in [0.15, 0.2) is 12.7 Å². The summed E-state index contributed by atoms with van der Waals surface area (Å²) in [7, 11) is 1.76. The van der Waals surface area contributed by atoms with Crippen LogP contribution in [0.4, 0.5) is 0 Å². The Morgan fingerprint density at radius 1 is 1.29 bits per heavy atom. The molecule has 0 N–H and O–H groups in total. The number of hydrogen-bond donors (Lipinski definition) is 0. The van der Waals surface area contributed by atoms with Crippen LogP contribution >= 0.6 is 0 Å². The quantitative estimate of drug-likeness (QED) is 0.421. The molecule has 0 saturated carbocycles. The average molecular weight is 200 g/mol. The minimum Gasteiger partial charge on any atom is -0.384 e. The SMILES string of the molecule is C=CCOCC(CC)(CCC)COC. The predicted molar refractivity (Wildman–Crippen MR) is 60.5 cm³/mol. The van der Waals surface area contributed by atoms with Crippen molar-refractivity contribution in [2.75, 3.05) is 26.9 Å². The third kappa shape index (κ3) is 4.77. The van der Waals surface area contributed by atoms with Gasteiger partial charge in [-0.3, -0.25) is 0 Å². The van der Waals surface area contributed by atoms with Crippen LogP contribution < -0.4 is 0 Å². The summed E-state index contributed by atoms with van der Waals surface area (Å²) in [4.78, 5) is 0. The van der Waals surface area contributed by atoms with Gasteiger partial charge in [-0.05, 0) is 12.8 Å². The van der Waals surface area contributed by atoms with E-state index in [1.54, 1.807) is 13.2 Å². The highest BCUT2D eigenvalue weighted by Crippen LogP contribution is 2.28. The van der Waals surface area contributed by atoms with Gasteiger partial charge in [0.1, 0.15) is 0 Å². The van der Waals surface area contributed by atoms with Gasteiger partial charge < -0.3 is 9.47 Å². The molecule has 0 aliphatic carbocycles. The van der Waals surface area contributed by atoms with Gasteiger partial charge in [0.15, 0.2) is 0 Å². The molecule has 1 unspecified atom stereocenters. The molecule has 0 aliphatic rings. The van der Waals surface area contributed by atoms with Crippen LogP contribution in [0, 0.1) is 5.41 Å². The molecule has 0 saturated heterocycles. The molecule has 0 heterocycles. The first-order valence-corrected chi connectivity index (χ1v) is 5.42. The van der Waals surface area contributed by atoms with E-state index < -0.39 is 0 Å². The van der Waals surface area contributed by atoms with Crippen molar-refractivity contribution >= 4 is 0 Å². The van der Waals surface area contributed by atoms with Gasteiger partial charge in [-0.1, -0.05) is 26.3 Å². The second-order valence-electron chi connectivity index (χ2n) is 3.84. The highest BCUT2D eigenvalue weighted by molar-refractivity contribution is 4.78. The van der Waals surface area contributed by atoms with Gasteiger partial charge >= 0.3 is 0 Å². The van der Waals surface area contributed by atoms with Crippen LogP contribution in [0.3, 0.4) is 0 Å². The Bertz CT molecular complexity index is 137. The van der Waals surface area contributed by atoms with Gasteiger partial charge in [0.05, 0.1) is 19.8 Å². The summed E-state index contributed by atoms with van der Waals surface area (Å²) >= 11 is 0. The van der Waals surface area contributed by atoms with Crippen LogP contribution in [0.2, 0.25) is 0 Å². The lowest BCUT2D eigenvalue weighted by Crippen LogP contribution is -2.31. The molecule has 0 aromatic heterocycles. The zero-order valence-electron chi connectivity index (χ0n) is 9.84. The largest absolute Gasteiger partial charge is 0.384 e. The van der Waals surface area contributed by atoms with Crippen molar-refractivity contribution in [1.82, 2.24) is 0 Å². The lowest BCUT2D eigenvalue weighted by atomic mass is 9.82. The number of rotatable bonds is 9. The first-order chi connectivity index (χ1) is 6.74. The maximum Gasteiger partial charge on any atom is 0.0645 e. The Balaban J connectivity index is 4.09. The van der Waals surface area contributed by atoms with E-state index in [0.29, 0.717) is 6.61 Å². The predicted octanol–water partition coefficient (Wildman–Crippen LogP) is 3.03. The molecule has 0 amide bonds. The lowest BCUT2D eigenvalue weighted by Gasteiger charge is -2.31. The van der Waals surface area contributed by atoms with E-state index in [9.17, 15) is 0 Å². The second kappa shape index (κ2) is 8.01. The van der Waals surface area contributed by atoms with Crippen LogP contribution in [-0.4, -0.2) is 26.9 Å². The Morgan fingerprint density at radius 3 is 2.43 bits per heavy atom. The normalized spacial score (nSPS) is 15.1. The highest BCUT2D eigenvalue weighted by atomic mass is 16.5. The first kappa shape index (κ1) is 13.7. The van der Waals surface area contributed by atoms with Gasteiger partial charge in [0.25, 0.3) is 0 Å². The molecule has 0 radical (unpaired) electrons. The third-order valence-corrected chi connectivity index (χ3v) is 2.62. The maximum absolute atomic E-state index is 5.55. The fraction of sp³-hybridized carbons (Fsp3) is 0.833. The Kier molecular flexibility index (Phi) is 7.81. The van der Waals surface area contributed by atoms with Crippen LogP contribution in [0.25, 0.3) is 0 Å². The number of hydrogen-bond acceptors (Lipinski definition) is 2. The standard InChI is InChI=1S/C12H24O2/c1-5-8-12(7-3,10-13-4)11-14-9-6-2/h6H,2,5,7-11H2,1,3-4H3. The van der Waals surface area contributed by atoms with Crippen molar-refractivity contribution < 1.29 is 9.47 Å². The molecular formula is C12H24O2. The van der Waals surface area contributed by atoms with Crippen molar-refractivity contribution in [2.45, 2.75) is 33.1 Å². The van der Waals surface area contributed by atoms with E-state index >= 15 is 0 Å². The summed E-state index contributed by atoms with van der Waals surface area (Å²) in [6.45, 7) is 10.2. The second-order valence-corrected chi connectivity index (χ2v) is 3.84. The van der Waals surface area contributed by atoms with E-state index in [2.05, 4.69) is 20.4 Å². The summed E-state index contributed by atoms with van der Waals surface area (Å²) in [5.74, 6) is 0. The summed E-state index contributed by atoms with van der Waals surface area (Å²) in [5, 5.41) is 0. The van der Waals surface area contributed by atoms with Crippen LogP contribution in [0.1, 0.15) is 33.1 Å². The molecule has 0 aromatic carbocycles. The maximum atomic E-state index is 5.55. The molecule has 0 fully saturated rings. The zero-order chi connectivity index (χ0) is 10.9. The number of methoxy groups -OCH3 is 1. The van der Waals surface area contributed by atoms with E-state index in [4.69, 9.17) is 9.47 Å². The first-order valence-electron chi connectivity index (χ1n) is 5.42. The monoisotopic (exact) mass is 200 g/mol. The molecule has 2 nitrogen and oxygen atoms in total. The molecule has 0 bridgehead atoms. The molecule has 1 atom stereocenters. The summed E-state index contributed by atoms with van der Waals surface area (Å²) in [6.07, 6.45) is 5.23. The Hall–Kier alpha value is -0.340. The molecule has 0 aromatic rings. The van der Waals surface area contributed by atoms with Crippen molar-refractivity contribution in [2.24, 2.45) is 5.41 Å². The minimum absolute atomic E-state index is 0.201. The molecule has 2 heteroatoms. The average Bonchev–Trinajstić information content (AvgIpc) is 2.19. The molecule has 0 aliphatic heterocycles. The lowest BCUT2D eigenvalue weighted by molar-refractivity contribution is -0.00831. The van der Waals surface area contributed by atoms with Crippen LogP contribution in [0.5, 0.6) is 0 Å². The van der Waals surface area contributed by atoms with Gasteiger partial charge in [0, 0.05) is 12.5 Å². The highest BCUT2D eigenvalue weighted by Gasteiger charge is 2.27. The summed E-state index contributed by atoms with van der Waals surface area (Å²) in [5.41, 5.74) is 0.201. The molecule has 84 valence electrons. The molecule has 0 spiro atoms. The van der Waals surface area contributed by atoms with Crippen molar-refractivity contribution in [3.05, 3.63) is 12.7 Å². The van der Waals surface area contributed by atoms with E-state index in [1.807, 2.05) is 0 Å². The zero-order valence-corrected chi connectivity index (χ0v) is 9.84. The fourth-order valence-corrected chi connectivity index (χ4v) is 1.76. The Morgan fingerprint density at radius 2 is 2.00 bits per heavy atom. The van der Waals surface area contributed by atoms with Crippen molar-refractivity contribution in [3.63, 3.8) is 0 Å². The summed E-state index contributed by atoms with van der Waals surface area (Å²) in [6, 6.07) is 0. The van der Waals surface area contributed by atoms with Crippen molar-refractivity contribution in [1.29, 1.82) is 0 Å². The van der Waals surface area contributed by atoms with E-state index in [1.165, 1.54) is 6.42 Å².